The van der Waals surface area contributed by atoms with Crippen LogP contribution in [0.3, 0.4) is 0 Å². The van der Waals surface area contributed by atoms with Gasteiger partial charge in [0.15, 0.2) is 5.78 Å². The summed E-state index contributed by atoms with van der Waals surface area (Å²) in [6, 6.07) is 8.39. The second kappa shape index (κ2) is 8.87. The molecular weight excluding hydrogens is 338 g/mol. The van der Waals surface area contributed by atoms with E-state index in [2.05, 4.69) is 28.5 Å². The number of ketones is 1. The molecule has 27 heavy (non-hydrogen) atoms. The van der Waals surface area contributed by atoms with Crippen LogP contribution in [0.4, 0.5) is 5.69 Å². The Morgan fingerprint density at radius 1 is 0.926 bits per heavy atom. The molecule has 0 bridgehead atoms. The maximum Gasteiger partial charge on any atom is 0.225 e. The summed E-state index contributed by atoms with van der Waals surface area (Å²) in [5, 5.41) is 0. The zero-order valence-electron chi connectivity index (χ0n) is 17.0. The van der Waals surface area contributed by atoms with Gasteiger partial charge < -0.3 is 9.80 Å². The molecule has 1 aromatic carbocycles. The lowest BCUT2D eigenvalue weighted by molar-refractivity contribution is -0.136. The normalized spacial score (nSPS) is 20.0. The minimum absolute atomic E-state index is 0.0966. The first-order valence-electron chi connectivity index (χ1n) is 10.3. The van der Waals surface area contributed by atoms with E-state index in [9.17, 15) is 9.59 Å². The Balaban J connectivity index is 1.52. The van der Waals surface area contributed by atoms with Gasteiger partial charge in [0.05, 0.1) is 0 Å². The maximum absolute atomic E-state index is 13.0. The molecule has 3 rings (SSSR count). The lowest BCUT2D eigenvalue weighted by atomic mass is 9.94. The summed E-state index contributed by atoms with van der Waals surface area (Å²) in [5.74, 6) is 0.606. The highest BCUT2D eigenvalue weighted by Crippen LogP contribution is 2.25. The fourth-order valence-corrected chi connectivity index (χ4v) is 4.22. The van der Waals surface area contributed by atoms with E-state index in [0.717, 1.165) is 69.8 Å². The molecule has 0 spiro atoms. The SMILES string of the molecule is CC(=O)c1ccc(N2CCC(C(=O)N3CCCN(C(C)C)CC3)CC2)cc1. The number of anilines is 1. The van der Waals surface area contributed by atoms with Gasteiger partial charge in [0.1, 0.15) is 0 Å². The Bertz CT molecular complexity index is 648. The van der Waals surface area contributed by atoms with Crippen molar-refractivity contribution in [1.29, 1.82) is 0 Å². The van der Waals surface area contributed by atoms with Gasteiger partial charge >= 0.3 is 0 Å². The van der Waals surface area contributed by atoms with Crippen LogP contribution >= 0.6 is 0 Å². The minimum Gasteiger partial charge on any atom is -0.371 e. The summed E-state index contributed by atoms with van der Waals surface area (Å²) in [7, 11) is 0. The molecule has 5 heteroatoms. The minimum atomic E-state index is 0.0966. The van der Waals surface area contributed by atoms with E-state index in [0.29, 0.717) is 11.9 Å². The van der Waals surface area contributed by atoms with Crippen LogP contribution in [0.2, 0.25) is 0 Å². The number of carbonyl (C=O) groups is 2. The van der Waals surface area contributed by atoms with E-state index in [1.807, 2.05) is 24.3 Å². The van der Waals surface area contributed by atoms with Crippen LogP contribution in [-0.4, -0.2) is 66.8 Å². The molecule has 148 valence electrons. The highest BCUT2D eigenvalue weighted by atomic mass is 16.2. The van der Waals surface area contributed by atoms with E-state index in [1.54, 1.807) is 6.92 Å². The predicted molar refractivity (Wildman–Crippen MR) is 109 cm³/mol. The number of benzene rings is 1. The van der Waals surface area contributed by atoms with Crippen LogP contribution < -0.4 is 4.90 Å². The van der Waals surface area contributed by atoms with Crippen molar-refractivity contribution in [1.82, 2.24) is 9.80 Å². The van der Waals surface area contributed by atoms with Crippen LogP contribution in [0.15, 0.2) is 24.3 Å². The number of rotatable bonds is 4. The van der Waals surface area contributed by atoms with Crippen LogP contribution in [0, 0.1) is 5.92 Å². The molecule has 0 aromatic heterocycles. The third-order valence-electron chi connectivity index (χ3n) is 6.06. The number of hydrogen-bond acceptors (Lipinski definition) is 4. The smallest absolute Gasteiger partial charge is 0.225 e. The number of hydrogen-bond donors (Lipinski definition) is 0. The van der Waals surface area contributed by atoms with Gasteiger partial charge in [0.2, 0.25) is 5.91 Å². The van der Waals surface area contributed by atoms with Crippen molar-refractivity contribution in [2.75, 3.05) is 44.2 Å². The molecule has 5 nitrogen and oxygen atoms in total. The summed E-state index contributed by atoms with van der Waals surface area (Å²) in [4.78, 5) is 31.3. The van der Waals surface area contributed by atoms with Crippen molar-refractivity contribution in [2.24, 2.45) is 5.92 Å². The molecule has 1 aromatic rings. The molecule has 2 saturated heterocycles. The number of amides is 1. The van der Waals surface area contributed by atoms with E-state index in [1.165, 1.54) is 0 Å². The second-order valence-corrected chi connectivity index (χ2v) is 8.17. The average Bonchev–Trinajstić information content (AvgIpc) is 2.94. The second-order valence-electron chi connectivity index (χ2n) is 8.17. The van der Waals surface area contributed by atoms with Crippen molar-refractivity contribution in [2.45, 2.75) is 46.1 Å². The molecule has 0 atom stereocenters. The third-order valence-corrected chi connectivity index (χ3v) is 6.06. The maximum atomic E-state index is 13.0. The Hall–Kier alpha value is -1.88. The summed E-state index contributed by atoms with van der Waals surface area (Å²) in [6.07, 6.45) is 2.90. The molecule has 2 aliphatic heterocycles. The quantitative estimate of drug-likeness (QED) is 0.763. The zero-order valence-corrected chi connectivity index (χ0v) is 17.0. The molecule has 0 unspecified atom stereocenters. The Morgan fingerprint density at radius 2 is 1.59 bits per heavy atom. The number of piperidine rings is 1. The highest BCUT2D eigenvalue weighted by molar-refractivity contribution is 5.94. The van der Waals surface area contributed by atoms with Gasteiger partial charge in [-0.3, -0.25) is 14.5 Å². The largest absolute Gasteiger partial charge is 0.371 e. The first kappa shape index (κ1) is 19.9. The molecular formula is C22H33N3O2. The van der Waals surface area contributed by atoms with Crippen molar-refractivity contribution < 1.29 is 9.59 Å². The molecule has 0 aliphatic carbocycles. The van der Waals surface area contributed by atoms with E-state index < -0.39 is 0 Å². The van der Waals surface area contributed by atoms with Gasteiger partial charge in [-0.25, -0.2) is 0 Å². The third kappa shape index (κ3) is 4.89. The van der Waals surface area contributed by atoms with Crippen LogP contribution in [0.1, 0.15) is 50.4 Å². The standard InChI is InChI=1S/C22H33N3O2/c1-17(2)23-11-4-12-25(16-15-23)22(27)20-9-13-24(14-10-20)21-7-5-19(6-8-21)18(3)26/h5-8,17,20H,4,9-16H2,1-3H3. The number of carbonyl (C=O) groups excluding carboxylic acids is 2. The fraction of sp³-hybridized carbons (Fsp3) is 0.636. The average molecular weight is 372 g/mol. The lowest BCUT2D eigenvalue weighted by Gasteiger charge is -2.35. The van der Waals surface area contributed by atoms with E-state index in [-0.39, 0.29) is 11.7 Å². The monoisotopic (exact) mass is 371 g/mol. The molecule has 2 heterocycles. The van der Waals surface area contributed by atoms with Gasteiger partial charge in [-0.2, -0.15) is 0 Å². The van der Waals surface area contributed by atoms with Gasteiger partial charge in [0.25, 0.3) is 0 Å². The lowest BCUT2D eigenvalue weighted by Crippen LogP contribution is -2.44. The molecule has 2 aliphatic rings. The van der Waals surface area contributed by atoms with Crippen molar-refractivity contribution >= 4 is 17.4 Å². The highest BCUT2D eigenvalue weighted by Gasteiger charge is 2.30. The number of Topliss-reactive ketones (excluding diaryl/α,β-unsaturated/α-hetero) is 1. The van der Waals surface area contributed by atoms with Crippen LogP contribution in [0.5, 0.6) is 0 Å². The number of nitrogens with zero attached hydrogens (tertiary/aromatic N) is 3. The van der Waals surface area contributed by atoms with Crippen molar-refractivity contribution in [3.63, 3.8) is 0 Å². The topological polar surface area (TPSA) is 43.9 Å². The zero-order chi connectivity index (χ0) is 19.4. The van der Waals surface area contributed by atoms with Crippen molar-refractivity contribution in [3.8, 4) is 0 Å². The molecule has 1 amide bonds. The first-order chi connectivity index (χ1) is 13.0. The Labute approximate surface area is 163 Å². The Kier molecular flexibility index (Phi) is 6.53. The molecule has 0 radical (unpaired) electrons. The van der Waals surface area contributed by atoms with Crippen molar-refractivity contribution in [3.05, 3.63) is 29.8 Å². The fourth-order valence-electron chi connectivity index (χ4n) is 4.22. The van der Waals surface area contributed by atoms with Crippen LogP contribution in [-0.2, 0) is 4.79 Å². The predicted octanol–water partition coefficient (Wildman–Crippen LogP) is 3.05. The van der Waals surface area contributed by atoms with Crippen LogP contribution in [0.25, 0.3) is 0 Å². The van der Waals surface area contributed by atoms with Gasteiger partial charge in [-0.05, 0) is 64.3 Å². The summed E-state index contributed by atoms with van der Waals surface area (Å²) >= 11 is 0. The molecule has 2 fully saturated rings. The van der Waals surface area contributed by atoms with E-state index in [4.69, 9.17) is 0 Å². The summed E-state index contributed by atoms with van der Waals surface area (Å²) in [6.45, 7) is 11.7. The Morgan fingerprint density at radius 3 is 2.19 bits per heavy atom. The molecule has 0 saturated carbocycles. The molecule has 0 N–H and O–H groups in total. The summed E-state index contributed by atoms with van der Waals surface area (Å²) in [5.41, 5.74) is 1.90. The first-order valence-corrected chi connectivity index (χ1v) is 10.3. The van der Waals surface area contributed by atoms with Gasteiger partial charge in [-0.15, -0.1) is 0 Å². The van der Waals surface area contributed by atoms with Gasteiger partial charge in [0, 0.05) is 62.5 Å². The summed E-state index contributed by atoms with van der Waals surface area (Å²) < 4.78 is 0. The van der Waals surface area contributed by atoms with E-state index >= 15 is 0 Å². The van der Waals surface area contributed by atoms with Gasteiger partial charge in [-0.1, -0.05) is 0 Å².